The normalized spacial score (nSPS) is 10.9. The number of carbonyl (C=O) groups excluding carboxylic acids is 1. The van der Waals surface area contributed by atoms with Crippen molar-refractivity contribution in [3.8, 4) is 0 Å². The first kappa shape index (κ1) is 13.1. The summed E-state index contributed by atoms with van der Waals surface area (Å²) in [6, 6.07) is 6.95. The molecule has 0 aliphatic carbocycles. The highest BCUT2D eigenvalue weighted by Gasteiger charge is 2.11. The van der Waals surface area contributed by atoms with Crippen LogP contribution in [0.3, 0.4) is 0 Å². The second-order valence-corrected chi connectivity index (χ2v) is 5.72. The number of hydrogen-bond donors (Lipinski definition) is 1. The summed E-state index contributed by atoms with van der Waals surface area (Å²) < 4.78 is 1.72. The van der Waals surface area contributed by atoms with E-state index in [1.54, 1.807) is 28.8 Å². The van der Waals surface area contributed by atoms with Crippen LogP contribution in [-0.2, 0) is 6.54 Å². The zero-order chi connectivity index (χ0) is 14.1. The van der Waals surface area contributed by atoms with Gasteiger partial charge in [0, 0.05) is 0 Å². The van der Waals surface area contributed by atoms with Crippen LogP contribution in [0.4, 0.5) is 0 Å². The zero-order valence-electron chi connectivity index (χ0n) is 10.6. The molecule has 0 radical (unpaired) electrons. The lowest BCUT2D eigenvalue weighted by atomic mass is 10.2. The lowest BCUT2D eigenvalue weighted by Crippen LogP contribution is -2.23. The predicted molar refractivity (Wildman–Crippen MR) is 78.2 cm³/mol. The predicted octanol–water partition coefficient (Wildman–Crippen LogP) is 2.68. The van der Waals surface area contributed by atoms with Crippen molar-refractivity contribution >= 4 is 33.8 Å². The lowest BCUT2D eigenvalue weighted by molar-refractivity contribution is 0.0951. The number of aryl methyl sites for hydroxylation is 1. The van der Waals surface area contributed by atoms with E-state index in [0.29, 0.717) is 17.1 Å². The third-order valence-electron chi connectivity index (χ3n) is 2.72. The maximum Gasteiger partial charge on any atom is 0.253 e. The van der Waals surface area contributed by atoms with Crippen LogP contribution < -0.4 is 5.32 Å². The van der Waals surface area contributed by atoms with Gasteiger partial charge in [0.25, 0.3) is 5.91 Å². The largest absolute Gasteiger partial charge is 0.345 e. The second-order valence-electron chi connectivity index (χ2n) is 4.27. The van der Waals surface area contributed by atoms with Gasteiger partial charge >= 0.3 is 0 Å². The zero-order valence-corrected chi connectivity index (χ0v) is 12.2. The number of imidazole rings is 1. The van der Waals surface area contributed by atoms with Crippen LogP contribution in [0.2, 0.25) is 5.02 Å². The molecule has 0 aliphatic heterocycles. The molecule has 20 heavy (non-hydrogen) atoms. The Morgan fingerprint density at radius 3 is 3.00 bits per heavy atom. The lowest BCUT2D eigenvalue weighted by Gasteiger charge is -2.04. The Labute approximate surface area is 124 Å². The molecular formula is C13H11ClN4OS. The molecule has 1 aromatic carbocycles. The summed E-state index contributed by atoms with van der Waals surface area (Å²) in [5.41, 5.74) is 1.39. The first-order valence-corrected chi connectivity index (χ1v) is 7.17. The fourth-order valence-corrected chi connectivity index (χ4v) is 2.90. The molecule has 0 atom stereocenters. The van der Waals surface area contributed by atoms with E-state index in [1.165, 1.54) is 11.3 Å². The minimum absolute atomic E-state index is 0.209. The topological polar surface area (TPSA) is 59.3 Å². The number of halogens is 1. The molecule has 3 aromatic rings. The average molecular weight is 307 g/mol. The first-order chi connectivity index (χ1) is 9.63. The highest BCUT2D eigenvalue weighted by atomic mass is 35.5. The Morgan fingerprint density at radius 1 is 1.45 bits per heavy atom. The van der Waals surface area contributed by atoms with Gasteiger partial charge in [0.1, 0.15) is 5.01 Å². The minimum atomic E-state index is -0.209. The van der Waals surface area contributed by atoms with Crippen LogP contribution in [0.1, 0.15) is 21.1 Å². The van der Waals surface area contributed by atoms with Gasteiger partial charge in [-0.05, 0) is 19.1 Å². The average Bonchev–Trinajstić information content (AvgIpc) is 2.93. The second kappa shape index (κ2) is 5.22. The third kappa shape index (κ3) is 2.52. The van der Waals surface area contributed by atoms with Crippen LogP contribution in [0.5, 0.6) is 0 Å². The summed E-state index contributed by atoms with van der Waals surface area (Å²) in [5, 5.41) is 8.39. The van der Waals surface area contributed by atoms with E-state index in [1.807, 2.05) is 13.1 Å². The standard InChI is InChI=1S/C13H11ClN4OS/c1-8-7-18-13(16-8)20-11(17-18)6-15-12(19)9-4-2-3-5-10(9)14/h2-5,7H,6H2,1H3,(H,15,19). The number of amides is 1. The smallest absolute Gasteiger partial charge is 0.253 e. The van der Waals surface area contributed by atoms with E-state index in [9.17, 15) is 4.79 Å². The van der Waals surface area contributed by atoms with Crippen molar-refractivity contribution in [3.05, 3.63) is 51.7 Å². The number of fused-ring (bicyclic) bond motifs is 1. The van der Waals surface area contributed by atoms with E-state index in [4.69, 9.17) is 11.6 Å². The van der Waals surface area contributed by atoms with E-state index in [2.05, 4.69) is 15.4 Å². The Balaban J connectivity index is 1.71. The number of aromatic nitrogens is 3. The highest BCUT2D eigenvalue weighted by Crippen LogP contribution is 2.16. The van der Waals surface area contributed by atoms with E-state index < -0.39 is 0 Å². The molecule has 0 saturated carbocycles. The number of carbonyl (C=O) groups is 1. The number of rotatable bonds is 3. The van der Waals surface area contributed by atoms with Crippen molar-refractivity contribution in [3.63, 3.8) is 0 Å². The van der Waals surface area contributed by atoms with Gasteiger partial charge in [-0.15, -0.1) is 0 Å². The molecule has 0 saturated heterocycles. The Bertz CT molecular complexity index is 748. The highest BCUT2D eigenvalue weighted by molar-refractivity contribution is 7.16. The molecule has 0 spiro atoms. The van der Waals surface area contributed by atoms with Gasteiger partial charge in [0.05, 0.1) is 29.0 Å². The van der Waals surface area contributed by atoms with Crippen molar-refractivity contribution in [2.45, 2.75) is 13.5 Å². The van der Waals surface area contributed by atoms with Crippen molar-refractivity contribution < 1.29 is 4.79 Å². The van der Waals surface area contributed by atoms with Crippen molar-refractivity contribution in [1.29, 1.82) is 0 Å². The van der Waals surface area contributed by atoms with Crippen molar-refractivity contribution in [1.82, 2.24) is 19.9 Å². The quantitative estimate of drug-likeness (QED) is 0.809. The minimum Gasteiger partial charge on any atom is -0.345 e. The summed E-state index contributed by atoms with van der Waals surface area (Å²) in [5.74, 6) is -0.209. The molecule has 0 fully saturated rings. The monoisotopic (exact) mass is 306 g/mol. The number of nitrogens with zero attached hydrogens (tertiary/aromatic N) is 3. The molecule has 7 heteroatoms. The van der Waals surface area contributed by atoms with Gasteiger partial charge in [-0.1, -0.05) is 35.1 Å². The van der Waals surface area contributed by atoms with Crippen molar-refractivity contribution in [2.24, 2.45) is 0 Å². The molecule has 5 nitrogen and oxygen atoms in total. The molecule has 0 bridgehead atoms. The van der Waals surface area contributed by atoms with Crippen LogP contribution in [0.25, 0.3) is 4.96 Å². The summed E-state index contributed by atoms with van der Waals surface area (Å²) in [7, 11) is 0. The van der Waals surface area contributed by atoms with E-state index >= 15 is 0 Å². The first-order valence-electron chi connectivity index (χ1n) is 5.98. The Kier molecular flexibility index (Phi) is 3.42. The van der Waals surface area contributed by atoms with Crippen molar-refractivity contribution in [2.75, 3.05) is 0 Å². The summed E-state index contributed by atoms with van der Waals surface area (Å²) >= 11 is 7.43. The van der Waals surface area contributed by atoms with Crippen LogP contribution >= 0.6 is 22.9 Å². The summed E-state index contributed by atoms with van der Waals surface area (Å²) in [4.78, 5) is 17.1. The molecule has 3 rings (SSSR count). The van der Waals surface area contributed by atoms with Gasteiger partial charge < -0.3 is 5.32 Å². The number of nitrogens with one attached hydrogen (secondary N) is 1. The number of benzene rings is 1. The van der Waals surface area contributed by atoms with Gasteiger partial charge in [-0.2, -0.15) is 5.10 Å². The maximum atomic E-state index is 12.0. The fraction of sp³-hybridized carbons (Fsp3) is 0.154. The molecule has 0 aliphatic rings. The third-order valence-corrected chi connectivity index (χ3v) is 3.98. The molecule has 2 heterocycles. The summed E-state index contributed by atoms with van der Waals surface area (Å²) in [6.07, 6.45) is 1.85. The molecule has 2 aromatic heterocycles. The van der Waals surface area contributed by atoms with Gasteiger partial charge in [-0.3, -0.25) is 4.79 Å². The number of hydrogen-bond acceptors (Lipinski definition) is 4. The Morgan fingerprint density at radius 2 is 2.25 bits per heavy atom. The van der Waals surface area contributed by atoms with Gasteiger partial charge in [-0.25, -0.2) is 9.50 Å². The van der Waals surface area contributed by atoms with Crippen LogP contribution in [0, 0.1) is 6.92 Å². The molecule has 0 unspecified atom stereocenters. The van der Waals surface area contributed by atoms with E-state index in [-0.39, 0.29) is 5.91 Å². The SMILES string of the molecule is Cc1cn2nc(CNC(=O)c3ccccc3Cl)sc2n1. The van der Waals surface area contributed by atoms with Crippen LogP contribution in [0.15, 0.2) is 30.5 Å². The van der Waals surface area contributed by atoms with Gasteiger partial charge in [0.2, 0.25) is 4.96 Å². The van der Waals surface area contributed by atoms with E-state index in [0.717, 1.165) is 15.7 Å². The molecule has 1 amide bonds. The van der Waals surface area contributed by atoms with Crippen LogP contribution in [-0.4, -0.2) is 20.5 Å². The maximum absolute atomic E-state index is 12.0. The fourth-order valence-electron chi connectivity index (χ4n) is 1.82. The molecular weight excluding hydrogens is 296 g/mol. The molecule has 102 valence electrons. The Hall–Kier alpha value is -1.92. The molecule has 1 N–H and O–H groups in total. The van der Waals surface area contributed by atoms with Gasteiger partial charge in [0.15, 0.2) is 0 Å². The summed E-state index contributed by atoms with van der Waals surface area (Å²) in [6.45, 7) is 2.28.